The molecule has 0 aliphatic carbocycles. The lowest BCUT2D eigenvalue weighted by Gasteiger charge is -2.35. The predicted octanol–water partition coefficient (Wildman–Crippen LogP) is 1.75. The molecule has 0 atom stereocenters. The van der Waals surface area contributed by atoms with Crippen LogP contribution in [0.5, 0.6) is 5.75 Å². The number of nitrogen functional groups attached to an aromatic ring is 1. The zero-order valence-electron chi connectivity index (χ0n) is 12.9. The lowest BCUT2D eigenvalue weighted by atomic mass is 10.1. The SMILES string of the molecule is C=CC(=O)Nc1cc(N)c(OC(F)F)cc1N1CCN(C)CC1. The summed E-state index contributed by atoms with van der Waals surface area (Å²) in [7, 11) is 2.01. The van der Waals surface area contributed by atoms with Gasteiger partial charge in [0, 0.05) is 32.2 Å². The smallest absolute Gasteiger partial charge is 0.387 e. The van der Waals surface area contributed by atoms with E-state index in [1.807, 2.05) is 11.9 Å². The summed E-state index contributed by atoms with van der Waals surface area (Å²) in [5.74, 6) is -0.507. The third-order valence-corrected chi connectivity index (χ3v) is 3.63. The van der Waals surface area contributed by atoms with Crippen LogP contribution < -0.4 is 20.7 Å². The molecular weight excluding hydrogens is 306 g/mol. The normalized spacial score (nSPS) is 15.6. The van der Waals surface area contributed by atoms with Crippen molar-refractivity contribution in [2.24, 2.45) is 0 Å². The van der Waals surface area contributed by atoms with Crippen LogP contribution >= 0.6 is 0 Å². The van der Waals surface area contributed by atoms with Gasteiger partial charge in [-0.2, -0.15) is 8.78 Å². The number of hydrogen-bond donors (Lipinski definition) is 2. The van der Waals surface area contributed by atoms with Crippen LogP contribution in [0.25, 0.3) is 0 Å². The number of carbonyl (C=O) groups excluding carboxylic acids is 1. The molecule has 1 aromatic carbocycles. The molecule has 1 aromatic rings. The summed E-state index contributed by atoms with van der Waals surface area (Å²) >= 11 is 0. The highest BCUT2D eigenvalue weighted by Gasteiger charge is 2.21. The van der Waals surface area contributed by atoms with E-state index in [9.17, 15) is 13.6 Å². The number of amides is 1. The number of nitrogens with zero attached hydrogens (tertiary/aromatic N) is 2. The van der Waals surface area contributed by atoms with Gasteiger partial charge in [-0.05, 0) is 19.2 Å². The van der Waals surface area contributed by atoms with Crippen molar-refractivity contribution in [2.75, 3.05) is 49.2 Å². The number of likely N-dealkylation sites (N-methyl/N-ethyl adjacent to an activating group) is 1. The van der Waals surface area contributed by atoms with E-state index < -0.39 is 12.5 Å². The maximum atomic E-state index is 12.5. The highest BCUT2D eigenvalue weighted by molar-refractivity contribution is 6.02. The van der Waals surface area contributed by atoms with Crippen molar-refractivity contribution in [3.63, 3.8) is 0 Å². The molecule has 0 bridgehead atoms. The Hall–Kier alpha value is -2.35. The molecular formula is C15H20F2N4O2. The fraction of sp³-hybridized carbons (Fsp3) is 0.400. The highest BCUT2D eigenvalue weighted by atomic mass is 19.3. The van der Waals surface area contributed by atoms with Crippen LogP contribution in [0.15, 0.2) is 24.8 Å². The molecule has 0 radical (unpaired) electrons. The van der Waals surface area contributed by atoms with Gasteiger partial charge in [0.05, 0.1) is 17.1 Å². The minimum atomic E-state index is -2.97. The second kappa shape index (κ2) is 7.28. The van der Waals surface area contributed by atoms with Gasteiger partial charge in [-0.25, -0.2) is 0 Å². The first-order valence-electron chi connectivity index (χ1n) is 7.16. The number of nitrogens with one attached hydrogen (secondary N) is 1. The van der Waals surface area contributed by atoms with Crippen LogP contribution in [0.4, 0.5) is 25.8 Å². The van der Waals surface area contributed by atoms with Gasteiger partial charge in [-0.1, -0.05) is 6.58 Å². The monoisotopic (exact) mass is 326 g/mol. The molecule has 1 saturated heterocycles. The van der Waals surface area contributed by atoms with Crippen LogP contribution in [-0.4, -0.2) is 50.6 Å². The quantitative estimate of drug-likeness (QED) is 0.637. The van der Waals surface area contributed by atoms with E-state index >= 15 is 0 Å². The van der Waals surface area contributed by atoms with E-state index in [-0.39, 0.29) is 11.4 Å². The lowest BCUT2D eigenvalue weighted by molar-refractivity contribution is -0.111. The molecule has 23 heavy (non-hydrogen) atoms. The third kappa shape index (κ3) is 4.32. The summed E-state index contributed by atoms with van der Waals surface area (Å²) in [5.41, 5.74) is 6.81. The van der Waals surface area contributed by atoms with E-state index in [2.05, 4.69) is 21.5 Å². The highest BCUT2D eigenvalue weighted by Crippen LogP contribution is 2.36. The minimum Gasteiger partial charge on any atom is -0.433 e. The maximum absolute atomic E-state index is 12.5. The number of rotatable bonds is 5. The Bertz CT molecular complexity index is 587. The average molecular weight is 326 g/mol. The van der Waals surface area contributed by atoms with Gasteiger partial charge < -0.3 is 25.6 Å². The second-order valence-electron chi connectivity index (χ2n) is 5.27. The first-order valence-corrected chi connectivity index (χ1v) is 7.16. The fourth-order valence-corrected chi connectivity index (χ4v) is 2.38. The molecule has 6 nitrogen and oxygen atoms in total. The number of nitrogens with two attached hydrogens (primary N) is 1. The van der Waals surface area contributed by atoms with Crippen molar-refractivity contribution in [3.8, 4) is 5.75 Å². The van der Waals surface area contributed by atoms with Crippen molar-refractivity contribution >= 4 is 23.0 Å². The van der Waals surface area contributed by atoms with Gasteiger partial charge >= 0.3 is 6.61 Å². The number of carbonyl (C=O) groups is 1. The van der Waals surface area contributed by atoms with Crippen molar-refractivity contribution < 1.29 is 18.3 Å². The van der Waals surface area contributed by atoms with Crippen LogP contribution in [0, 0.1) is 0 Å². The Labute approximate surface area is 133 Å². The van der Waals surface area contributed by atoms with Crippen molar-refractivity contribution in [1.82, 2.24) is 4.90 Å². The first-order chi connectivity index (χ1) is 10.9. The summed E-state index contributed by atoms with van der Waals surface area (Å²) in [6.45, 7) is 3.48. The molecule has 2 rings (SSSR count). The van der Waals surface area contributed by atoms with Crippen molar-refractivity contribution in [1.29, 1.82) is 0 Å². The second-order valence-corrected chi connectivity index (χ2v) is 5.27. The molecule has 126 valence electrons. The molecule has 1 fully saturated rings. The van der Waals surface area contributed by atoms with Crippen molar-refractivity contribution in [2.45, 2.75) is 6.61 Å². The summed E-state index contributed by atoms with van der Waals surface area (Å²) in [5, 5.41) is 2.65. The third-order valence-electron chi connectivity index (χ3n) is 3.63. The zero-order valence-corrected chi connectivity index (χ0v) is 12.9. The summed E-state index contributed by atoms with van der Waals surface area (Å²) in [6.07, 6.45) is 1.13. The number of alkyl halides is 2. The minimum absolute atomic E-state index is 0.0301. The topological polar surface area (TPSA) is 70.8 Å². The van der Waals surface area contributed by atoms with Crippen LogP contribution in [0.3, 0.4) is 0 Å². The molecule has 1 aliphatic rings. The largest absolute Gasteiger partial charge is 0.433 e. The molecule has 1 amide bonds. The lowest BCUT2D eigenvalue weighted by Crippen LogP contribution is -2.44. The predicted molar refractivity (Wildman–Crippen MR) is 86.0 cm³/mol. The van der Waals surface area contributed by atoms with Crippen LogP contribution in [0.1, 0.15) is 0 Å². The molecule has 0 spiro atoms. The first kappa shape index (κ1) is 17.0. The van der Waals surface area contributed by atoms with Gasteiger partial charge in [0.2, 0.25) is 5.91 Å². The van der Waals surface area contributed by atoms with E-state index in [1.165, 1.54) is 12.1 Å². The van der Waals surface area contributed by atoms with Crippen molar-refractivity contribution in [3.05, 3.63) is 24.8 Å². The molecule has 3 N–H and O–H groups in total. The van der Waals surface area contributed by atoms with Gasteiger partial charge in [0.25, 0.3) is 0 Å². The Kier molecular flexibility index (Phi) is 5.38. The molecule has 1 heterocycles. The van der Waals surface area contributed by atoms with Gasteiger partial charge in [-0.15, -0.1) is 0 Å². The van der Waals surface area contributed by atoms with Gasteiger partial charge in [-0.3, -0.25) is 4.79 Å². The van der Waals surface area contributed by atoms with E-state index in [0.29, 0.717) is 24.5 Å². The number of anilines is 3. The number of halogens is 2. The van der Waals surface area contributed by atoms with Gasteiger partial charge in [0.1, 0.15) is 0 Å². The number of piperazine rings is 1. The fourth-order valence-electron chi connectivity index (χ4n) is 2.38. The zero-order chi connectivity index (χ0) is 17.0. The number of benzene rings is 1. The Balaban J connectivity index is 2.37. The molecule has 0 unspecified atom stereocenters. The maximum Gasteiger partial charge on any atom is 0.387 e. The van der Waals surface area contributed by atoms with Crippen LogP contribution in [0.2, 0.25) is 0 Å². The summed E-state index contributed by atoms with van der Waals surface area (Å²) in [6, 6.07) is 2.86. The molecule has 1 aliphatic heterocycles. The molecule has 8 heteroatoms. The van der Waals surface area contributed by atoms with E-state index in [0.717, 1.165) is 19.2 Å². The standard InChI is InChI=1S/C15H20F2N4O2/c1-3-14(22)19-11-8-10(18)13(23-15(16)17)9-12(11)21-6-4-20(2)5-7-21/h3,8-9,15H,1,4-7,18H2,2H3,(H,19,22). The van der Waals surface area contributed by atoms with Crippen LogP contribution in [-0.2, 0) is 4.79 Å². The number of ether oxygens (including phenoxy) is 1. The summed E-state index contributed by atoms with van der Waals surface area (Å²) < 4.78 is 29.5. The number of hydrogen-bond acceptors (Lipinski definition) is 5. The average Bonchev–Trinajstić information content (AvgIpc) is 2.50. The summed E-state index contributed by atoms with van der Waals surface area (Å²) in [4.78, 5) is 15.7. The molecule has 0 aromatic heterocycles. The Morgan fingerprint density at radius 3 is 2.61 bits per heavy atom. The van der Waals surface area contributed by atoms with E-state index in [4.69, 9.17) is 5.73 Å². The van der Waals surface area contributed by atoms with Gasteiger partial charge in [0.15, 0.2) is 5.75 Å². The Morgan fingerprint density at radius 2 is 2.04 bits per heavy atom. The Morgan fingerprint density at radius 1 is 1.39 bits per heavy atom. The van der Waals surface area contributed by atoms with E-state index in [1.54, 1.807) is 0 Å². The molecule has 0 saturated carbocycles.